The van der Waals surface area contributed by atoms with Crippen LogP contribution in [0.5, 0.6) is 5.75 Å². The summed E-state index contributed by atoms with van der Waals surface area (Å²) in [6, 6.07) is 9.19. The van der Waals surface area contributed by atoms with Crippen LogP contribution in [0, 0.1) is 19.7 Å². The van der Waals surface area contributed by atoms with Crippen LogP contribution in [0.15, 0.2) is 30.5 Å². The molecule has 3 aromatic heterocycles. The summed E-state index contributed by atoms with van der Waals surface area (Å²) in [7, 11) is 4.21. The molecule has 7 rings (SSSR count). The Morgan fingerprint density at radius 1 is 1.15 bits per heavy atom. The molecule has 2 fully saturated rings. The number of aliphatic carboxylic acids is 1. The van der Waals surface area contributed by atoms with Crippen molar-refractivity contribution in [2.75, 3.05) is 19.0 Å². The summed E-state index contributed by atoms with van der Waals surface area (Å²) in [5, 5.41) is 15.0. The smallest absolute Gasteiger partial charge is 0.337 e. The number of anilines is 1. The van der Waals surface area contributed by atoms with Crippen molar-refractivity contribution in [2.24, 2.45) is 7.05 Å². The maximum absolute atomic E-state index is 15.8. The lowest BCUT2D eigenvalue weighted by Gasteiger charge is -2.36. The lowest BCUT2D eigenvalue weighted by atomic mass is 9.86. The Morgan fingerprint density at radius 3 is 2.56 bits per heavy atom. The number of aryl methyl sites for hydroxylation is 2. The average molecular weight is 656 g/mol. The van der Waals surface area contributed by atoms with E-state index in [0.717, 1.165) is 52.9 Å². The number of hydrogen-bond donors (Lipinski definition) is 2. The van der Waals surface area contributed by atoms with E-state index in [1.54, 1.807) is 0 Å². The number of nitrogens with one attached hydrogen (secondary N) is 1. The number of carboxylic acid groups (broad SMARTS) is 1. The zero-order chi connectivity index (χ0) is 34.1. The number of ether oxygens (including phenoxy) is 2. The molecule has 9 nitrogen and oxygen atoms in total. The second-order valence-corrected chi connectivity index (χ2v) is 14.8. The predicted octanol–water partition coefficient (Wildman–Crippen LogP) is 7.36. The molecule has 6 heterocycles. The van der Waals surface area contributed by atoms with Crippen LogP contribution in [0.4, 0.5) is 10.2 Å². The van der Waals surface area contributed by atoms with E-state index in [2.05, 4.69) is 28.3 Å². The molecule has 0 saturated carbocycles. The van der Waals surface area contributed by atoms with Crippen molar-refractivity contribution >= 4 is 22.8 Å². The number of piperidine rings is 1. The predicted molar refractivity (Wildman–Crippen MR) is 185 cm³/mol. The van der Waals surface area contributed by atoms with Gasteiger partial charge < -0.3 is 29.4 Å². The van der Waals surface area contributed by atoms with Gasteiger partial charge in [-0.1, -0.05) is 0 Å². The van der Waals surface area contributed by atoms with Gasteiger partial charge in [0.05, 0.1) is 17.9 Å². The van der Waals surface area contributed by atoms with Gasteiger partial charge in [-0.15, -0.1) is 0 Å². The molecule has 2 bridgehead atoms. The minimum absolute atomic E-state index is 0.287. The molecule has 0 radical (unpaired) electrons. The van der Waals surface area contributed by atoms with Crippen LogP contribution >= 0.6 is 0 Å². The summed E-state index contributed by atoms with van der Waals surface area (Å²) in [6.45, 7) is 9.74. The first-order valence-electron chi connectivity index (χ1n) is 17.1. The number of carbonyl (C=O) groups is 1. The monoisotopic (exact) mass is 655 g/mol. The average Bonchev–Trinajstić information content (AvgIpc) is 3.45. The van der Waals surface area contributed by atoms with Crippen molar-refractivity contribution in [1.82, 2.24) is 19.4 Å². The van der Waals surface area contributed by atoms with E-state index in [-0.39, 0.29) is 5.75 Å². The number of nitrogens with zero attached hydrogens (tertiary/aromatic N) is 4. The van der Waals surface area contributed by atoms with Crippen LogP contribution in [0.1, 0.15) is 81.4 Å². The molecule has 254 valence electrons. The van der Waals surface area contributed by atoms with Crippen LogP contribution in [-0.4, -0.2) is 67.9 Å². The Bertz CT molecular complexity index is 1900. The number of fused-ring (bicyclic) bond motifs is 4. The van der Waals surface area contributed by atoms with E-state index in [0.29, 0.717) is 59.2 Å². The second-order valence-electron chi connectivity index (χ2n) is 14.8. The summed E-state index contributed by atoms with van der Waals surface area (Å²) >= 11 is 0. The number of halogens is 1. The van der Waals surface area contributed by atoms with E-state index < -0.39 is 23.5 Å². The van der Waals surface area contributed by atoms with Gasteiger partial charge in [0, 0.05) is 64.7 Å². The highest BCUT2D eigenvalue weighted by molar-refractivity contribution is 6.01. The van der Waals surface area contributed by atoms with E-state index in [1.807, 2.05) is 64.6 Å². The Balaban J connectivity index is 1.39. The minimum atomic E-state index is -1.32. The third kappa shape index (κ3) is 5.72. The molecule has 0 spiro atoms. The molecule has 10 heteroatoms. The van der Waals surface area contributed by atoms with Gasteiger partial charge in [0.2, 0.25) is 0 Å². The first-order valence-corrected chi connectivity index (χ1v) is 17.1. The largest absolute Gasteiger partial charge is 0.490 e. The summed E-state index contributed by atoms with van der Waals surface area (Å²) in [5.74, 6) is -0.465. The number of rotatable bonds is 7. The minimum Gasteiger partial charge on any atom is -0.490 e. The lowest BCUT2D eigenvalue weighted by Crippen LogP contribution is -2.44. The van der Waals surface area contributed by atoms with Gasteiger partial charge in [-0.3, -0.25) is 0 Å². The van der Waals surface area contributed by atoms with Crippen molar-refractivity contribution in [3.05, 3.63) is 58.7 Å². The number of hydrogen-bond acceptors (Lipinski definition) is 7. The molecule has 3 atom stereocenters. The summed E-state index contributed by atoms with van der Waals surface area (Å²) in [6.07, 6.45) is 6.68. The van der Waals surface area contributed by atoms with E-state index in [1.165, 1.54) is 18.9 Å². The number of carboxylic acids is 1. The molecule has 0 aliphatic carbocycles. The molecule has 4 aromatic rings. The topological polar surface area (TPSA) is 102 Å². The highest BCUT2D eigenvalue weighted by atomic mass is 19.1. The fraction of sp³-hybridized carbons (Fsp3) is 0.500. The fourth-order valence-electron chi connectivity index (χ4n) is 8.26. The maximum Gasteiger partial charge on any atom is 0.337 e. The van der Waals surface area contributed by atoms with Gasteiger partial charge in [-0.25, -0.2) is 19.2 Å². The molecule has 3 unspecified atom stereocenters. The maximum atomic E-state index is 15.8. The Morgan fingerprint density at radius 2 is 1.88 bits per heavy atom. The van der Waals surface area contributed by atoms with Gasteiger partial charge in [-0.05, 0) is 116 Å². The molecule has 3 aliphatic rings. The molecule has 1 aromatic carbocycles. The van der Waals surface area contributed by atoms with Crippen molar-refractivity contribution in [3.8, 4) is 28.1 Å². The first-order chi connectivity index (χ1) is 22.8. The van der Waals surface area contributed by atoms with Crippen molar-refractivity contribution in [3.63, 3.8) is 0 Å². The van der Waals surface area contributed by atoms with E-state index >= 15 is 4.39 Å². The normalized spacial score (nSPS) is 21.6. The van der Waals surface area contributed by atoms with Crippen LogP contribution < -0.4 is 10.1 Å². The van der Waals surface area contributed by atoms with Gasteiger partial charge >= 0.3 is 5.97 Å². The summed E-state index contributed by atoms with van der Waals surface area (Å²) in [4.78, 5) is 25.1. The van der Waals surface area contributed by atoms with Crippen molar-refractivity contribution in [1.29, 1.82) is 0 Å². The summed E-state index contributed by atoms with van der Waals surface area (Å²) in [5.41, 5.74) is 5.63. The quantitative estimate of drug-likeness (QED) is 0.213. The number of aromatic nitrogens is 3. The molecule has 2 N–H and O–H groups in total. The summed E-state index contributed by atoms with van der Waals surface area (Å²) < 4.78 is 29.8. The number of benzene rings is 1. The molecule has 48 heavy (non-hydrogen) atoms. The molecule has 3 aliphatic heterocycles. The van der Waals surface area contributed by atoms with Gasteiger partial charge in [0.25, 0.3) is 0 Å². The van der Waals surface area contributed by atoms with Crippen LogP contribution in [0.2, 0.25) is 0 Å². The first kappa shape index (κ1) is 32.5. The SMILES string of the molecule is Cc1nc2c(cc(-c3ccnc(NC4CC5CCC(C4)N5C)c3)n2C)c(-c2cc(F)c3c(c2C)CCCO3)c1C(OC(C)(C)C)C(=O)O. The van der Waals surface area contributed by atoms with Gasteiger partial charge in [0.15, 0.2) is 17.7 Å². The Hall–Kier alpha value is -4.02. The van der Waals surface area contributed by atoms with Crippen LogP contribution in [0.25, 0.3) is 33.4 Å². The highest BCUT2D eigenvalue weighted by Crippen LogP contribution is 2.46. The standard InChI is InChI=1S/C38H46FN5O4/c1-20-26-9-8-14-47-34(26)29(39)18-27(20)33-28-19-30(44(7)36(28)41-21(2)32(33)35(37(45)46)48-38(3,4)5)22-12-13-40-31(15-22)42-23-16-24-10-11-25(17-23)43(24)6/h12-13,15,18-19,23-25,35H,8-11,14,16-17H2,1-7H3,(H,40,42)(H,45,46). The zero-order valence-corrected chi connectivity index (χ0v) is 29.0. The van der Waals surface area contributed by atoms with Crippen LogP contribution in [-0.2, 0) is 23.0 Å². The Labute approximate surface area is 281 Å². The third-order valence-corrected chi connectivity index (χ3v) is 10.6. The highest BCUT2D eigenvalue weighted by Gasteiger charge is 2.39. The van der Waals surface area contributed by atoms with Gasteiger partial charge in [0.1, 0.15) is 11.5 Å². The van der Waals surface area contributed by atoms with Crippen molar-refractivity contribution in [2.45, 2.75) is 103 Å². The van der Waals surface area contributed by atoms with Gasteiger partial charge in [-0.2, -0.15) is 0 Å². The fourth-order valence-corrected chi connectivity index (χ4v) is 8.26. The lowest BCUT2D eigenvalue weighted by molar-refractivity contribution is -0.160. The van der Waals surface area contributed by atoms with Crippen LogP contribution in [0.3, 0.4) is 0 Å². The molecule has 0 amide bonds. The molecule has 2 saturated heterocycles. The molecular weight excluding hydrogens is 609 g/mol. The van der Waals surface area contributed by atoms with Crippen molar-refractivity contribution < 1.29 is 23.8 Å². The zero-order valence-electron chi connectivity index (χ0n) is 29.0. The molecular formula is C38H46FN5O4. The van der Waals surface area contributed by atoms with E-state index in [4.69, 9.17) is 14.5 Å². The second kappa shape index (κ2) is 12.1. The third-order valence-electron chi connectivity index (χ3n) is 10.6. The number of pyridine rings is 2. The van der Waals surface area contributed by atoms with E-state index in [9.17, 15) is 9.90 Å². The Kier molecular flexibility index (Phi) is 8.23.